The first-order chi connectivity index (χ1) is 12.6. The van der Waals surface area contributed by atoms with E-state index in [1.807, 2.05) is 4.90 Å². The van der Waals surface area contributed by atoms with Crippen LogP contribution in [0.3, 0.4) is 0 Å². The van der Waals surface area contributed by atoms with Gasteiger partial charge in [0, 0.05) is 38.1 Å². The molecular formula is C21H35N3O2. The third kappa shape index (κ3) is 3.78. The van der Waals surface area contributed by atoms with Crippen LogP contribution in [0.15, 0.2) is 0 Å². The Kier molecular flexibility index (Phi) is 5.53. The van der Waals surface area contributed by atoms with Gasteiger partial charge in [0.05, 0.1) is 6.04 Å². The number of nitrogens with one attached hydrogen (secondary N) is 1. The van der Waals surface area contributed by atoms with E-state index in [0.29, 0.717) is 23.8 Å². The van der Waals surface area contributed by atoms with Crippen LogP contribution in [-0.2, 0) is 9.59 Å². The van der Waals surface area contributed by atoms with Gasteiger partial charge in [-0.1, -0.05) is 19.8 Å². The van der Waals surface area contributed by atoms with Crippen LogP contribution in [0.4, 0.5) is 0 Å². The summed E-state index contributed by atoms with van der Waals surface area (Å²) in [5.41, 5.74) is 0. The fourth-order valence-corrected chi connectivity index (χ4v) is 5.73. The number of fused-ring (bicyclic) bond motifs is 1. The van der Waals surface area contributed by atoms with E-state index in [-0.39, 0.29) is 17.9 Å². The summed E-state index contributed by atoms with van der Waals surface area (Å²) in [6.07, 6.45) is 10.2. The molecule has 0 bridgehead atoms. The molecule has 26 heavy (non-hydrogen) atoms. The maximum atomic E-state index is 12.9. The first-order valence-corrected chi connectivity index (χ1v) is 11.0. The van der Waals surface area contributed by atoms with Crippen LogP contribution in [0, 0.1) is 17.8 Å². The van der Waals surface area contributed by atoms with E-state index < -0.39 is 0 Å². The summed E-state index contributed by atoms with van der Waals surface area (Å²) < 4.78 is 0. The van der Waals surface area contributed by atoms with Crippen molar-refractivity contribution in [3.05, 3.63) is 0 Å². The average Bonchev–Trinajstić information content (AvgIpc) is 3.11. The second kappa shape index (κ2) is 7.87. The van der Waals surface area contributed by atoms with Crippen LogP contribution < -0.4 is 5.32 Å². The summed E-state index contributed by atoms with van der Waals surface area (Å²) in [6, 6.07) is 0.594. The van der Waals surface area contributed by atoms with E-state index in [1.54, 1.807) is 0 Å². The van der Waals surface area contributed by atoms with E-state index in [1.165, 1.54) is 32.1 Å². The highest BCUT2D eigenvalue weighted by Gasteiger charge is 2.41. The fourth-order valence-electron chi connectivity index (χ4n) is 5.73. The average molecular weight is 362 g/mol. The molecule has 0 aromatic rings. The fraction of sp³-hybridized carbons (Fsp3) is 0.905. The quantitative estimate of drug-likeness (QED) is 0.822. The summed E-state index contributed by atoms with van der Waals surface area (Å²) in [5.74, 6) is 2.10. The topological polar surface area (TPSA) is 52.7 Å². The first-order valence-electron chi connectivity index (χ1n) is 11.0. The maximum Gasteiger partial charge on any atom is 0.239 e. The Labute approximate surface area is 157 Å². The van der Waals surface area contributed by atoms with E-state index in [2.05, 4.69) is 17.1 Å². The second-order valence-electron chi connectivity index (χ2n) is 9.24. The van der Waals surface area contributed by atoms with E-state index in [4.69, 9.17) is 0 Å². The number of carbonyl (C=O) groups is 2. The molecule has 4 unspecified atom stereocenters. The van der Waals surface area contributed by atoms with Gasteiger partial charge in [0.2, 0.25) is 11.8 Å². The lowest BCUT2D eigenvalue weighted by Gasteiger charge is -2.37. The molecule has 1 aliphatic carbocycles. The van der Waals surface area contributed by atoms with Gasteiger partial charge in [-0.25, -0.2) is 0 Å². The Balaban J connectivity index is 1.27. The number of likely N-dealkylation sites (tertiary alicyclic amines) is 2. The van der Waals surface area contributed by atoms with Crippen molar-refractivity contribution in [1.82, 2.24) is 15.1 Å². The number of hydrogen-bond acceptors (Lipinski definition) is 3. The SMILES string of the molecule is CC1CCCN(C(=O)C2CCN(C(=O)C3CC4CCCCC4N3)CC2)C1. The van der Waals surface area contributed by atoms with Gasteiger partial charge in [-0.05, 0) is 56.8 Å². The van der Waals surface area contributed by atoms with Crippen LogP contribution >= 0.6 is 0 Å². The minimum absolute atomic E-state index is 0.0262. The molecule has 0 aromatic heterocycles. The Bertz CT molecular complexity index is 515. The Morgan fingerprint density at radius 3 is 2.35 bits per heavy atom. The Morgan fingerprint density at radius 1 is 0.846 bits per heavy atom. The Hall–Kier alpha value is -1.10. The minimum Gasteiger partial charge on any atom is -0.342 e. The van der Waals surface area contributed by atoms with E-state index in [0.717, 1.165) is 51.9 Å². The third-order valence-corrected chi connectivity index (χ3v) is 7.29. The van der Waals surface area contributed by atoms with Gasteiger partial charge < -0.3 is 15.1 Å². The summed E-state index contributed by atoms with van der Waals surface area (Å²) in [5, 5.41) is 3.61. The third-order valence-electron chi connectivity index (χ3n) is 7.29. The van der Waals surface area contributed by atoms with E-state index >= 15 is 0 Å². The number of rotatable bonds is 2. The molecule has 0 radical (unpaired) electrons. The molecule has 1 saturated carbocycles. The summed E-state index contributed by atoms with van der Waals surface area (Å²) >= 11 is 0. The van der Waals surface area contributed by atoms with Gasteiger partial charge in [0.25, 0.3) is 0 Å². The van der Waals surface area contributed by atoms with Gasteiger partial charge in [-0.3, -0.25) is 9.59 Å². The predicted molar refractivity (Wildman–Crippen MR) is 102 cm³/mol. The molecule has 0 aromatic carbocycles. The molecule has 146 valence electrons. The van der Waals surface area contributed by atoms with Crippen molar-refractivity contribution < 1.29 is 9.59 Å². The maximum absolute atomic E-state index is 12.9. The predicted octanol–water partition coefficient (Wildman–Crippen LogP) is 2.40. The standard InChI is InChI=1S/C21H35N3O2/c1-15-5-4-10-24(14-15)20(25)16-8-11-23(12-9-16)21(26)19-13-17-6-2-3-7-18(17)22-19/h15-19,22H,2-14H2,1H3. The largest absolute Gasteiger partial charge is 0.342 e. The van der Waals surface area contributed by atoms with Crippen LogP contribution in [0.2, 0.25) is 0 Å². The zero-order chi connectivity index (χ0) is 18.1. The van der Waals surface area contributed by atoms with Gasteiger partial charge in [0.15, 0.2) is 0 Å². The van der Waals surface area contributed by atoms with Gasteiger partial charge in [0.1, 0.15) is 0 Å². The molecule has 5 nitrogen and oxygen atoms in total. The Morgan fingerprint density at radius 2 is 1.62 bits per heavy atom. The zero-order valence-electron chi connectivity index (χ0n) is 16.3. The van der Waals surface area contributed by atoms with Crippen molar-refractivity contribution >= 4 is 11.8 Å². The summed E-state index contributed by atoms with van der Waals surface area (Å²) in [7, 11) is 0. The molecule has 3 aliphatic heterocycles. The normalized spacial score (nSPS) is 36.0. The zero-order valence-corrected chi connectivity index (χ0v) is 16.3. The van der Waals surface area contributed by atoms with Crippen LogP contribution in [0.25, 0.3) is 0 Å². The molecule has 5 heteroatoms. The van der Waals surface area contributed by atoms with Crippen LogP contribution in [0.1, 0.15) is 64.7 Å². The van der Waals surface area contributed by atoms with Crippen molar-refractivity contribution in [3.8, 4) is 0 Å². The highest BCUT2D eigenvalue weighted by Crippen LogP contribution is 2.34. The van der Waals surface area contributed by atoms with Gasteiger partial charge in [-0.2, -0.15) is 0 Å². The molecule has 4 atom stereocenters. The lowest BCUT2D eigenvalue weighted by molar-refractivity contribution is -0.142. The number of carbonyl (C=O) groups excluding carboxylic acids is 2. The molecule has 4 fully saturated rings. The van der Waals surface area contributed by atoms with Crippen LogP contribution in [0.5, 0.6) is 0 Å². The molecule has 4 aliphatic rings. The number of nitrogens with zero attached hydrogens (tertiary/aromatic N) is 2. The summed E-state index contributed by atoms with van der Waals surface area (Å²) in [4.78, 5) is 29.9. The van der Waals surface area contributed by atoms with E-state index in [9.17, 15) is 9.59 Å². The molecule has 3 heterocycles. The minimum atomic E-state index is 0.0262. The van der Waals surface area contributed by atoms with Gasteiger partial charge >= 0.3 is 0 Å². The highest BCUT2D eigenvalue weighted by atomic mass is 16.2. The van der Waals surface area contributed by atoms with Crippen molar-refractivity contribution in [2.45, 2.75) is 76.8 Å². The monoisotopic (exact) mass is 361 g/mol. The lowest BCUT2D eigenvalue weighted by Crippen LogP contribution is -2.50. The highest BCUT2D eigenvalue weighted by molar-refractivity contribution is 5.83. The number of piperidine rings is 2. The van der Waals surface area contributed by atoms with Gasteiger partial charge in [-0.15, -0.1) is 0 Å². The molecule has 3 saturated heterocycles. The molecule has 4 rings (SSSR count). The molecule has 0 spiro atoms. The number of hydrogen-bond donors (Lipinski definition) is 1. The first kappa shape index (κ1) is 18.3. The smallest absolute Gasteiger partial charge is 0.239 e. The van der Waals surface area contributed by atoms with Crippen molar-refractivity contribution in [2.75, 3.05) is 26.2 Å². The molecule has 1 N–H and O–H groups in total. The number of amides is 2. The summed E-state index contributed by atoms with van der Waals surface area (Å²) in [6.45, 7) is 5.61. The van der Waals surface area contributed by atoms with Crippen LogP contribution in [-0.4, -0.2) is 59.9 Å². The molecule has 2 amide bonds. The van der Waals surface area contributed by atoms with Crippen molar-refractivity contribution in [2.24, 2.45) is 17.8 Å². The second-order valence-corrected chi connectivity index (χ2v) is 9.24. The molecular weight excluding hydrogens is 326 g/mol. The lowest BCUT2D eigenvalue weighted by atomic mass is 9.85. The van der Waals surface area contributed by atoms with Crippen molar-refractivity contribution in [3.63, 3.8) is 0 Å². The van der Waals surface area contributed by atoms with Crippen molar-refractivity contribution in [1.29, 1.82) is 0 Å².